The van der Waals surface area contributed by atoms with Crippen LogP contribution in [0.5, 0.6) is 5.75 Å². The SMILES string of the molecule is C/C(=C/c1ccc(OCC(=O)O)cc1)c1ccc2c(c1)C(C)(C)CCC2(C)C. The van der Waals surface area contributed by atoms with Crippen molar-refractivity contribution in [2.24, 2.45) is 0 Å². The number of benzene rings is 2. The first-order chi connectivity index (χ1) is 13.1. The summed E-state index contributed by atoms with van der Waals surface area (Å²) in [5, 5.41) is 8.69. The maximum atomic E-state index is 10.6. The van der Waals surface area contributed by atoms with Crippen molar-refractivity contribution in [3.8, 4) is 5.75 Å². The molecule has 0 unspecified atom stereocenters. The second kappa shape index (κ2) is 7.46. The molecule has 2 aromatic rings. The Balaban J connectivity index is 1.86. The van der Waals surface area contributed by atoms with Crippen LogP contribution >= 0.6 is 0 Å². The molecule has 3 nitrogen and oxygen atoms in total. The van der Waals surface area contributed by atoms with Gasteiger partial charge >= 0.3 is 5.97 Å². The quantitative estimate of drug-likeness (QED) is 0.643. The third-order valence-corrected chi connectivity index (χ3v) is 5.93. The summed E-state index contributed by atoms with van der Waals surface area (Å²) >= 11 is 0. The molecule has 0 bridgehead atoms. The minimum absolute atomic E-state index is 0.199. The Bertz CT molecular complexity index is 902. The van der Waals surface area contributed by atoms with Crippen molar-refractivity contribution in [1.29, 1.82) is 0 Å². The van der Waals surface area contributed by atoms with Gasteiger partial charge in [0, 0.05) is 0 Å². The Morgan fingerprint density at radius 1 is 1.00 bits per heavy atom. The van der Waals surface area contributed by atoms with Crippen molar-refractivity contribution in [1.82, 2.24) is 0 Å². The lowest BCUT2D eigenvalue weighted by Crippen LogP contribution is -2.33. The summed E-state index contributed by atoms with van der Waals surface area (Å²) in [6.07, 6.45) is 4.58. The van der Waals surface area contributed by atoms with Crippen molar-refractivity contribution in [2.75, 3.05) is 6.61 Å². The molecule has 28 heavy (non-hydrogen) atoms. The molecule has 0 fully saturated rings. The molecule has 0 atom stereocenters. The Kier molecular flexibility index (Phi) is 5.38. The molecule has 2 aromatic carbocycles. The zero-order chi connectivity index (χ0) is 20.5. The van der Waals surface area contributed by atoms with Crippen LogP contribution in [0.3, 0.4) is 0 Å². The normalized spacial score (nSPS) is 17.7. The largest absolute Gasteiger partial charge is 0.482 e. The van der Waals surface area contributed by atoms with Gasteiger partial charge in [-0.1, -0.05) is 64.1 Å². The van der Waals surface area contributed by atoms with Gasteiger partial charge in [0.2, 0.25) is 0 Å². The first-order valence-electron chi connectivity index (χ1n) is 9.87. The maximum Gasteiger partial charge on any atom is 0.341 e. The summed E-state index contributed by atoms with van der Waals surface area (Å²) in [6, 6.07) is 14.4. The third-order valence-electron chi connectivity index (χ3n) is 5.93. The van der Waals surface area contributed by atoms with E-state index in [-0.39, 0.29) is 17.4 Å². The number of carboxylic acids is 1. The fourth-order valence-electron chi connectivity index (χ4n) is 3.97. The van der Waals surface area contributed by atoms with E-state index in [1.165, 1.54) is 35.1 Å². The van der Waals surface area contributed by atoms with E-state index < -0.39 is 5.97 Å². The Hall–Kier alpha value is -2.55. The third kappa shape index (κ3) is 4.30. The number of carbonyl (C=O) groups is 1. The Morgan fingerprint density at radius 3 is 2.21 bits per heavy atom. The first-order valence-corrected chi connectivity index (χ1v) is 9.87. The number of rotatable bonds is 5. The highest BCUT2D eigenvalue weighted by Crippen LogP contribution is 2.46. The van der Waals surface area contributed by atoms with Gasteiger partial charge in [-0.3, -0.25) is 0 Å². The van der Waals surface area contributed by atoms with Crippen LogP contribution in [0.4, 0.5) is 0 Å². The van der Waals surface area contributed by atoms with Gasteiger partial charge in [-0.05, 0) is 70.6 Å². The molecule has 148 valence electrons. The number of ether oxygens (including phenoxy) is 1. The van der Waals surface area contributed by atoms with Crippen LogP contribution in [-0.2, 0) is 15.6 Å². The molecular weight excluding hydrogens is 348 g/mol. The fraction of sp³-hybridized carbons (Fsp3) is 0.400. The van der Waals surface area contributed by atoms with Crippen LogP contribution in [0.1, 0.15) is 69.7 Å². The lowest BCUT2D eigenvalue weighted by atomic mass is 9.63. The van der Waals surface area contributed by atoms with Gasteiger partial charge in [-0.15, -0.1) is 0 Å². The second-order valence-corrected chi connectivity index (χ2v) is 9.11. The van der Waals surface area contributed by atoms with E-state index in [1.807, 2.05) is 12.1 Å². The summed E-state index contributed by atoms with van der Waals surface area (Å²) < 4.78 is 5.20. The predicted molar refractivity (Wildman–Crippen MR) is 115 cm³/mol. The number of hydrogen-bond donors (Lipinski definition) is 1. The van der Waals surface area contributed by atoms with E-state index in [0.717, 1.165) is 5.56 Å². The highest BCUT2D eigenvalue weighted by Gasteiger charge is 2.36. The summed E-state index contributed by atoms with van der Waals surface area (Å²) in [7, 11) is 0. The summed E-state index contributed by atoms with van der Waals surface area (Å²) in [5.74, 6) is -0.409. The predicted octanol–water partition coefficient (Wildman–Crippen LogP) is 6.06. The van der Waals surface area contributed by atoms with E-state index >= 15 is 0 Å². The lowest BCUT2D eigenvalue weighted by molar-refractivity contribution is -0.139. The number of aliphatic carboxylic acids is 1. The minimum Gasteiger partial charge on any atom is -0.482 e. The minimum atomic E-state index is -0.974. The van der Waals surface area contributed by atoms with Gasteiger partial charge in [0.25, 0.3) is 0 Å². The lowest BCUT2D eigenvalue weighted by Gasteiger charge is -2.42. The van der Waals surface area contributed by atoms with E-state index in [9.17, 15) is 4.79 Å². The van der Waals surface area contributed by atoms with Gasteiger partial charge in [0.1, 0.15) is 5.75 Å². The molecule has 0 radical (unpaired) electrons. The van der Waals surface area contributed by atoms with Crippen LogP contribution in [0.15, 0.2) is 42.5 Å². The van der Waals surface area contributed by atoms with E-state index in [2.05, 4.69) is 58.9 Å². The van der Waals surface area contributed by atoms with Crippen molar-refractivity contribution in [3.63, 3.8) is 0 Å². The molecule has 1 aliphatic carbocycles. The summed E-state index contributed by atoms with van der Waals surface area (Å²) in [5.41, 5.74) is 6.89. The molecule has 0 amide bonds. The smallest absolute Gasteiger partial charge is 0.341 e. The molecule has 1 N–H and O–H groups in total. The van der Waals surface area contributed by atoms with Gasteiger partial charge in [-0.2, -0.15) is 0 Å². The van der Waals surface area contributed by atoms with Crippen molar-refractivity contribution < 1.29 is 14.6 Å². The zero-order valence-electron chi connectivity index (χ0n) is 17.5. The number of hydrogen-bond acceptors (Lipinski definition) is 2. The van der Waals surface area contributed by atoms with Crippen LogP contribution in [-0.4, -0.2) is 17.7 Å². The van der Waals surface area contributed by atoms with Gasteiger partial charge in [-0.25, -0.2) is 4.79 Å². The highest BCUT2D eigenvalue weighted by molar-refractivity contribution is 5.81. The van der Waals surface area contributed by atoms with Gasteiger partial charge < -0.3 is 9.84 Å². The molecule has 0 aromatic heterocycles. The van der Waals surface area contributed by atoms with E-state index in [0.29, 0.717) is 5.75 Å². The first kappa shape index (κ1) is 20.2. The fourth-order valence-corrected chi connectivity index (χ4v) is 3.97. The topological polar surface area (TPSA) is 46.5 Å². The van der Waals surface area contributed by atoms with Gasteiger partial charge in [0.05, 0.1) is 0 Å². The molecule has 0 saturated carbocycles. The molecule has 1 aliphatic rings. The Labute approximate surface area is 168 Å². The maximum absolute atomic E-state index is 10.6. The molecule has 0 saturated heterocycles. The van der Waals surface area contributed by atoms with Crippen molar-refractivity contribution >= 4 is 17.6 Å². The zero-order valence-corrected chi connectivity index (χ0v) is 17.5. The van der Waals surface area contributed by atoms with Crippen molar-refractivity contribution in [2.45, 2.75) is 58.3 Å². The number of carboxylic acid groups (broad SMARTS) is 1. The van der Waals surface area contributed by atoms with Crippen LogP contribution in [0.2, 0.25) is 0 Å². The standard InChI is InChI=1S/C25H30O3/c1-17(14-18-6-9-20(10-7-18)28-16-23(26)27)19-8-11-21-22(15-19)25(4,5)13-12-24(21,2)3/h6-11,14-15H,12-13,16H2,1-5H3,(H,26,27)/b17-14-. The Morgan fingerprint density at radius 2 is 1.61 bits per heavy atom. The van der Waals surface area contributed by atoms with Gasteiger partial charge in [0.15, 0.2) is 6.61 Å². The van der Waals surface area contributed by atoms with E-state index in [1.54, 1.807) is 12.1 Å². The molecule has 0 spiro atoms. The summed E-state index contributed by atoms with van der Waals surface area (Å²) in [6.45, 7) is 11.2. The molecular formula is C25H30O3. The summed E-state index contributed by atoms with van der Waals surface area (Å²) in [4.78, 5) is 10.6. The molecule has 3 rings (SSSR count). The highest BCUT2D eigenvalue weighted by atomic mass is 16.5. The monoisotopic (exact) mass is 378 g/mol. The van der Waals surface area contributed by atoms with E-state index in [4.69, 9.17) is 9.84 Å². The number of allylic oxidation sites excluding steroid dienone is 1. The number of fused-ring (bicyclic) bond motifs is 1. The van der Waals surface area contributed by atoms with Crippen molar-refractivity contribution in [3.05, 3.63) is 64.7 Å². The van der Waals surface area contributed by atoms with Crippen LogP contribution < -0.4 is 4.74 Å². The molecule has 0 heterocycles. The van der Waals surface area contributed by atoms with Crippen LogP contribution in [0.25, 0.3) is 11.6 Å². The van der Waals surface area contributed by atoms with Crippen LogP contribution in [0, 0.1) is 0 Å². The average Bonchev–Trinajstić information content (AvgIpc) is 2.64. The average molecular weight is 379 g/mol. The molecule has 3 heteroatoms. The second-order valence-electron chi connectivity index (χ2n) is 9.11. The molecule has 0 aliphatic heterocycles.